The van der Waals surface area contributed by atoms with Gasteiger partial charge in [0.25, 0.3) is 0 Å². The van der Waals surface area contributed by atoms with Crippen LogP contribution in [-0.4, -0.2) is 4.57 Å². The number of aromatic nitrogens is 1. The van der Waals surface area contributed by atoms with Crippen molar-refractivity contribution >= 4 is 37.7 Å². The first-order valence-electron chi connectivity index (χ1n) is 11.0. The molecule has 0 saturated carbocycles. The summed E-state index contributed by atoms with van der Waals surface area (Å²) in [5.41, 5.74) is 9.29. The van der Waals surface area contributed by atoms with Gasteiger partial charge in [0.05, 0.1) is 11.0 Å². The topological polar surface area (TPSA) is 4.93 Å². The average molecular weight is 468 g/mol. The normalized spacial score (nSPS) is 13.6. The van der Waals surface area contributed by atoms with E-state index in [0.717, 1.165) is 4.47 Å². The number of para-hydroxylation sites is 1. The number of rotatable bonds is 1. The van der Waals surface area contributed by atoms with Gasteiger partial charge >= 0.3 is 0 Å². The zero-order chi connectivity index (χ0) is 21.8. The van der Waals surface area contributed by atoms with E-state index in [2.05, 4.69) is 119 Å². The molecule has 0 N–H and O–H groups in total. The first kappa shape index (κ1) is 20.1. The third-order valence-corrected chi connectivity index (χ3v) is 6.97. The zero-order valence-electron chi connectivity index (χ0n) is 18.4. The molecule has 6 rings (SSSR count). The Morgan fingerprint density at radius 1 is 0.677 bits per heavy atom. The van der Waals surface area contributed by atoms with Crippen molar-refractivity contribution in [2.75, 3.05) is 0 Å². The van der Waals surface area contributed by atoms with Crippen LogP contribution in [0, 0.1) is 0 Å². The molecule has 1 aliphatic rings. The fourth-order valence-corrected chi connectivity index (χ4v) is 5.44. The van der Waals surface area contributed by atoms with Crippen LogP contribution in [0.1, 0.15) is 38.8 Å². The average Bonchev–Trinajstić information content (AvgIpc) is 3.26. The van der Waals surface area contributed by atoms with Crippen LogP contribution in [0.4, 0.5) is 0 Å². The van der Waals surface area contributed by atoms with Crippen molar-refractivity contribution in [1.82, 2.24) is 4.57 Å². The Labute approximate surface area is 192 Å². The molecular formula is C29H26BrN. The predicted octanol–water partition coefficient (Wildman–Crippen LogP) is 8.88. The van der Waals surface area contributed by atoms with E-state index in [1.807, 2.05) is 13.8 Å². The number of hydrogen-bond donors (Lipinski definition) is 0. The lowest BCUT2D eigenvalue weighted by Gasteiger charge is -2.23. The van der Waals surface area contributed by atoms with Gasteiger partial charge in [-0.05, 0) is 52.6 Å². The molecule has 0 amide bonds. The van der Waals surface area contributed by atoms with Crippen molar-refractivity contribution in [1.29, 1.82) is 0 Å². The predicted molar refractivity (Wildman–Crippen MR) is 137 cm³/mol. The molecule has 1 aromatic heterocycles. The van der Waals surface area contributed by atoms with E-state index in [1.54, 1.807) is 0 Å². The van der Waals surface area contributed by atoms with Crippen LogP contribution in [0.2, 0.25) is 0 Å². The summed E-state index contributed by atoms with van der Waals surface area (Å²) >= 11 is 3.59. The highest BCUT2D eigenvalue weighted by Crippen LogP contribution is 2.52. The molecule has 4 aromatic carbocycles. The molecule has 1 heterocycles. The summed E-state index contributed by atoms with van der Waals surface area (Å²) in [6, 6.07) is 30.9. The lowest BCUT2D eigenvalue weighted by Crippen LogP contribution is -2.16. The zero-order valence-corrected chi connectivity index (χ0v) is 20.0. The van der Waals surface area contributed by atoms with Gasteiger partial charge in [-0.25, -0.2) is 0 Å². The van der Waals surface area contributed by atoms with E-state index in [1.165, 1.54) is 49.7 Å². The highest BCUT2D eigenvalue weighted by atomic mass is 79.9. The molecule has 0 unspecified atom stereocenters. The quantitative estimate of drug-likeness (QED) is 0.232. The molecule has 0 radical (unpaired) electrons. The first-order valence-corrected chi connectivity index (χ1v) is 11.8. The summed E-state index contributed by atoms with van der Waals surface area (Å²) in [5.74, 6) is 0. The molecule has 1 aliphatic carbocycles. The molecule has 0 atom stereocenters. The molecule has 154 valence electrons. The van der Waals surface area contributed by atoms with Crippen LogP contribution in [-0.2, 0) is 5.41 Å². The third-order valence-electron chi connectivity index (χ3n) is 6.44. The van der Waals surface area contributed by atoms with Gasteiger partial charge in [-0.1, -0.05) is 98.2 Å². The minimum absolute atomic E-state index is 0.0487. The Morgan fingerprint density at radius 2 is 1.35 bits per heavy atom. The second kappa shape index (κ2) is 7.39. The molecule has 5 aromatic rings. The molecule has 0 fully saturated rings. The molecule has 1 nitrogen and oxygen atoms in total. The fourth-order valence-electron chi connectivity index (χ4n) is 5.17. The van der Waals surface area contributed by atoms with Gasteiger partial charge in [-0.2, -0.15) is 0 Å². The van der Waals surface area contributed by atoms with Gasteiger partial charge in [0.1, 0.15) is 0 Å². The summed E-state index contributed by atoms with van der Waals surface area (Å²) in [6.45, 7) is 8.72. The summed E-state index contributed by atoms with van der Waals surface area (Å²) in [7, 11) is 0. The summed E-state index contributed by atoms with van der Waals surface area (Å²) in [6.07, 6.45) is 0. The maximum absolute atomic E-state index is 3.59. The minimum atomic E-state index is -0.0487. The molecular weight excluding hydrogens is 442 g/mol. The van der Waals surface area contributed by atoms with Gasteiger partial charge in [0.2, 0.25) is 0 Å². The summed E-state index contributed by atoms with van der Waals surface area (Å²) in [5, 5.41) is 2.63. The number of nitrogens with zero attached hydrogens (tertiary/aromatic N) is 1. The third kappa shape index (κ3) is 2.81. The Bertz CT molecular complexity index is 1420. The van der Waals surface area contributed by atoms with Crippen molar-refractivity contribution in [3.8, 4) is 16.8 Å². The number of halogens is 1. The lowest BCUT2D eigenvalue weighted by atomic mass is 9.81. The molecule has 31 heavy (non-hydrogen) atoms. The van der Waals surface area contributed by atoms with Crippen molar-refractivity contribution in [2.24, 2.45) is 0 Å². The van der Waals surface area contributed by atoms with Crippen LogP contribution >= 0.6 is 15.9 Å². The van der Waals surface area contributed by atoms with Gasteiger partial charge in [0, 0.05) is 26.3 Å². The largest absolute Gasteiger partial charge is 0.309 e. The van der Waals surface area contributed by atoms with Crippen LogP contribution in [0.15, 0.2) is 89.4 Å². The van der Waals surface area contributed by atoms with E-state index in [4.69, 9.17) is 0 Å². The van der Waals surface area contributed by atoms with Gasteiger partial charge < -0.3 is 4.57 Å². The molecule has 0 bridgehead atoms. The second-order valence-electron chi connectivity index (χ2n) is 8.38. The smallest absolute Gasteiger partial charge is 0.0588 e. The maximum Gasteiger partial charge on any atom is 0.0588 e. The Hall–Kier alpha value is -2.84. The molecule has 0 aliphatic heterocycles. The van der Waals surface area contributed by atoms with E-state index < -0.39 is 0 Å². The van der Waals surface area contributed by atoms with Crippen LogP contribution in [0.5, 0.6) is 0 Å². The summed E-state index contributed by atoms with van der Waals surface area (Å²) in [4.78, 5) is 0. The molecule has 0 spiro atoms. The van der Waals surface area contributed by atoms with Crippen LogP contribution in [0.25, 0.3) is 38.6 Å². The van der Waals surface area contributed by atoms with Crippen LogP contribution in [0.3, 0.4) is 0 Å². The Morgan fingerprint density at radius 3 is 2.13 bits per heavy atom. The van der Waals surface area contributed by atoms with Crippen molar-refractivity contribution < 1.29 is 0 Å². The van der Waals surface area contributed by atoms with Crippen molar-refractivity contribution in [3.63, 3.8) is 0 Å². The highest BCUT2D eigenvalue weighted by molar-refractivity contribution is 9.10. The number of hydrogen-bond acceptors (Lipinski definition) is 0. The van der Waals surface area contributed by atoms with E-state index >= 15 is 0 Å². The Kier molecular flexibility index (Phi) is 4.79. The van der Waals surface area contributed by atoms with E-state index in [-0.39, 0.29) is 5.41 Å². The van der Waals surface area contributed by atoms with E-state index in [9.17, 15) is 0 Å². The standard InChI is InChI=1S/C27H20BrN.C2H6/c1-27(2)23-9-5-3-7-19(23)21-15-16-22-20-8-4-6-10-24(20)29(26(22)25(21)27)18-13-11-17(28)12-14-18;1-2/h3-16H,1-2H3;1-2H3. The van der Waals surface area contributed by atoms with Crippen molar-refractivity contribution in [2.45, 2.75) is 33.1 Å². The minimum Gasteiger partial charge on any atom is -0.309 e. The number of benzene rings is 4. The number of fused-ring (bicyclic) bond motifs is 7. The van der Waals surface area contributed by atoms with Gasteiger partial charge in [0.15, 0.2) is 0 Å². The van der Waals surface area contributed by atoms with E-state index in [0.29, 0.717) is 0 Å². The SMILES string of the molecule is CC.CC1(C)c2ccccc2-c2ccc3c4ccccc4n(-c4ccc(Br)cc4)c3c21. The van der Waals surface area contributed by atoms with Crippen LogP contribution < -0.4 is 0 Å². The fraction of sp³-hybridized carbons (Fsp3) is 0.172. The maximum atomic E-state index is 3.59. The monoisotopic (exact) mass is 467 g/mol. The Balaban J connectivity index is 0.000000994. The molecule has 0 saturated heterocycles. The first-order chi connectivity index (χ1) is 15.1. The van der Waals surface area contributed by atoms with Crippen molar-refractivity contribution in [3.05, 3.63) is 101 Å². The highest BCUT2D eigenvalue weighted by Gasteiger charge is 2.38. The molecule has 2 heteroatoms. The van der Waals surface area contributed by atoms with Gasteiger partial charge in [-0.15, -0.1) is 0 Å². The van der Waals surface area contributed by atoms with Gasteiger partial charge in [-0.3, -0.25) is 0 Å². The second-order valence-corrected chi connectivity index (χ2v) is 9.30. The lowest BCUT2D eigenvalue weighted by molar-refractivity contribution is 0.664. The summed E-state index contributed by atoms with van der Waals surface area (Å²) < 4.78 is 3.55.